The third-order valence-corrected chi connectivity index (χ3v) is 1.93. The van der Waals surface area contributed by atoms with Gasteiger partial charge >= 0.3 is 11.9 Å². The molecule has 0 bridgehead atoms. The lowest BCUT2D eigenvalue weighted by Gasteiger charge is -2.04. The maximum Gasteiger partial charge on any atom is 0.374 e. The highest BCUT2D eigenvalue weighted by Crippen LogP contribution is 1.96. The van der Waals surface area contributed by atoms with Gasteiger partial charge < -0.3 is 14.6 Å². The van der Waals surface area contributed by atoms with Gasteiger partial charge in [0.05, 0.1) is 14.2 Å². The summed E-state index contributed by atoms with van der Waals surface area (Å²) in [5.41, 5.74) is 0. The van der Waals surface area contributed by atoms with Crippen LogP contribution in [0.15, 0.2) is 0 Å². The summed E-state index contributed by atoms with van der Waals surface area (Å²) in [5.74, 6) is -1.73. The summed E-state index contributed by atoms with van der Waals surface area (Å²) in [6.07, 6.45) is 1.31. The third-order valence-electron chi connectivity index (χ3n) is 1.93. The Morgan fingerprint density at radius 1 is 1.05 bits per heavy atom. The fourth-order valence-electron chi connectivity index (χ4n) is 0.970. The Balaban J connectivity index is -0.000000256. The molecule has 0 aliphatic heterocycles. The normalized spacial score (nSPS) is 10.2. The molecule has 0 aromatic rings. The van der Waals surface area contributed by atoms with E-state index in [9.17, 15) is 14.4 Å². The monoisotopic (exact) mass is 278 g/mol. The lowest BCUT2D eigenvalue weighted by molar-refractivity contribution is -0.151. The molecule has 1 N–H and O–H groups in total. The summed E-state index contributed by atoms with van der Waals surface area (Å²) in [5, 5.41) is 8.84. The molecule has 0 saturated heterocycles. The molecule has 1 atom stereocenters. The maximum atomic E-state index is 10.5. The molecule has 0 radical (unpaired) electrons. The van der Waals surface area contributed by atoms with Crippen molar-refractivity contribution < 1.29 is 29.0 Å². The van der Waals surface area contributed by atoms with Crippen molar-refractivity contribution in [1.82, 2.24) is 0 Å². The molecule has 6 heteroatoms. The first kappa shape index (κ1) is 22.7. The maximum absolute atomic E-state index is 10.5. The van der Waals surface area contributed by atoms with Crippen molar-refractivity contribution >= 4 is 17.7 Å². The molecule has 6 nitrogen and oxygen atoms in total. The summed E-state index contributed by atoms with van der Waals surface area (Å²) in [4.78, 5) is 31.3. The molecule has 0 aliphatic carbocycles. The van der Waals surface area contributed by atoms with Crippen LogP contribution in [0.25, 0.3) is 0 Å². The Hall–Kier alpha value is -1.43. The van der Waals surface area contributed by atoms with Crippen molar-refractivity contribution in [2.24, 2.45) is 0 Å². The lowest BCUT2D eigenvalue weighted by Crippen LogP contribution is -2.20. The number of ether oxygens (including phenoxy) is 2. The average molecular weight is 278 g/mol. The summed E-state index contributed by atoms with van der Waals surface area (Å²) in [6, 6.07) is 0. The number of rotatable bonds is 6. The summed E-state index contributed by atoms with van der Waals surface area (Å²) >= 11 is 0. The van der Waals surface area contributed by atoms with E-state index in [-0.39, 0.29) is 13.8 Å². The van der Waals surface area contributed by atoms with Crippen molar-refractivity contribution in [2.75, 3.05) is 14.2 Å². The van der Waals surface area contributed by atoms with E-state index in [1.54, 1.807) is 0 Å². The second kappa shape index (κ2) is 14.6. The van der Waals surface area contributed by atoms with Crippen LogP contribution in [0, 0.1) is 0 Å². The number of esters is 2. The van der Waals surface area contributed by atoms with E-state index in [4.69, 9.17) is 5.11 Å². The Morgan fingerprint density at radius 2 is 1.58 bits per heavy atom. The molecule has 0 aromatic carbocycles. The van der Waals surface area contributed by atoms with Gasteiger partial charge in [0.15, 0.2) is 6.10 Å². The van der Waals surface area contributed by atoms with Crippen LogP contribution in [-0.4, -0.2) is 43.2 Å². The smallest absolute Gasteiger partial charge is 0.374 e. The van der Waals surface area contributed by atoms with Gasteiger partial charge in [0.2, 0.25) is 5.78 Å². The summed E-state index contributed by atoms with van der Waals surface area (Å²) in [6.45, 7) is 3.73. The van der Waals surface area contributed by atoms with Gasteiger partial charge in [0, 0.05) is 6.42 Å². The van der Waals surface area contributed by atoms with Gasteiger partial charge in [-0.05, 0) is 12.8 Å². The fraction of sp³-hybridized carbons (Fsp3) is 0.769. The Morgan fingerprint density at radius 3 is 1.89 bits per heavy atom. The number of Topliss-reactive ketones (excluding diaryl/α,β-unsaturated/α-hetero) is 1. The Kier molecular flexibility index (Phi) is 17.5. The van der Waals surface area contributed by atoms with Gasteiger partial charge in [-0.1, -0.05) is 27.7 Å². The van der Waals surface area contributed by atoms with E-state index in [0.29, 0.717) is 12.8 Å². The molecule has 0 heterocycles. The molecule has 0 spiro atoms. The molecule has 114 valence electrons. The highest BCUT2D eigenvalue weighted by molar-refractivity contribution is 6.33. The van der Waals surface area contributed by atoms with Crippen LogP contribution in [-0.2, 0) is 23.9 Å². The van der Waals surface area contributed by atoms with Crippen molar-refractivity contribution in [3.63, 3.8) is 0 Å². The zero-order chi connectivity index (χ0) is 14.6. The van der Waals surface area contributed by atoms with Crippen LogP contribution >= 0.6 is 0 Å². The van der Waals surface area contributed by atoms with Crippen LogP contribution in [0.5, 0.6) is 0 Å². The number of methoxy groups -OCH3 is 2. The van der Waals surface area contributed by atoms with Gasteiger partial charge in [0.25, 0.3) is 0 Å². The van der Waals surface area contributed by atoms with Crippen molar-refractivity contribution in [3.05, 3.63) is 0 Å². The van der Waals surface area contributed by atoms with Crippen LogP contribution in [0.3, 0.4) is 0 Å². The molecular weight excluding hydrogens is 252 g/mol. The largest absolute Gasteiger partial charge is 0.467 e. The van der Waals surface area contributed by atoms with E-state index in [2.05, 4.69) is 9.47 Å². The second-order valence-electron chi connectivity index (χ2n) is 3.49. The van der Waals surface area contributed by atoms with E-state index < -0.39 is 23.8 Å². The van der Waals surface area contributed by atoms with Crippen LogP contribution in [0.4, 0.5) is 0 Å². The number of hydrogen-bond donors (Lipinski definition) is 1. The zero-order valence-corrected chi connectivity index (χ0v) is 11.4. The predicted octanol–water partition coefficient (Wildman–Crippen LogP) is 1.49. The van der Waals surface area contributed by atoms with Gasteiger partial charge in [-0.3, -0.25) is 4.79 Å². The van der Waals surface area contributed by atoms with E-state index >= 15 is 0 Å². The topological polar surface area (TPSA) is 89.9 Å². The number of ketones is 1. The number of hydrogen-bond acceptors (Lipinski definition) is 6. The third kappa shape index (κ3) is 12.8. The minimum absolute atomic E-state index is 0. The highest BCUT2D eigenvalue weighted by Gasteiger charge is 2.12. The molecule has 0 amide bonds. The predicted molar refractivity (Wildman–Crippen MR) is 71.6 cm³/mol. The van der Waals surface area contributed by atoms with Crippen LogP contribution in [0.1, 0.15) is 47.0 Å². The number of aliphatic hydroxyl groups is 1. The van der Waals surface area contributed by atoms with Gasteiger partial charge in [-0.2, -0.15) is 0 Å². The summed E-state index contributed by atoms with van der Waals surface area (Å²) in [7, 11) is 2.47. The standard InChI is InChI=1S/C6H12O3.C6H10O3.CH4/c2*1-3-4-5(7)6(8)9-2;/h5,7H,3-4H2,1-2H3;3-4H2,1-2H3;1H4. The first-order valence-corrected chi connectivity index (χ1v) is 5.81. The minimum Gasteiger partial charge on any atom is -0.467 e. The molecule has 0 aromatic heterocycles. The van der Waals surface area contributed by atoms with E-state index in [0.717, 1.165) is 6.42 Å². The Bertz CT molecular complexity index is 262. The Labute approximate surface area is 115 Å². The second-order valence-corrected chi connectivity index (χ2v) is 3.49. The van der Waals surface area contributed by atoms with E-state index in [1.165, 1.54) is 14.2 Å². The average Bonchev–Trinajstić information content (AvgIpc) is 2.38. The van der Waals surface area contributed by atoms with Crippen molar-refractivity contribution in [3.8, 4) is 0 Å². The van der Waals surface area contributed by atoms with Gasteiger partial charge in [-0.15, -0.1) is 0 Å². The quantitative estimate of drug-likeness (QED) is 0.584. The molecule has 0 aliphatic rings. The molecular formula is C13H26O6. The SMILES string of the molecule is C.CCCC(=O)C(=O)OC.CCCC(O)C(=O)OC. The van der Waals surface area contributed by atoms with E-state index in [1.807, 2.05) is 13.8 Å². The summed E-state index contributed by atoms with van der Waals surface area (Å²) < 4.78 is 8.45. The molecule has 19 heavy (non-hydrogen) atoms. The van der Waals surface area contributed by atoms with Gasteiger partial charge in [-0.25, -0.2) is 9.59 Å². The molecule has 0 fully saturated rings. The van der Waals surface area contributed by atoms with Crippen molar-refractivity contribution in [1.29, 1.82) is 0 Å². The molecule has 0 saturated carbocycles. The van der Waals surface area contributed by atoms with Crippen LogP contribution < -0.4 is 0 Å². The lowest BCUT2D eigenvalue weighted by atomic mass is 10.2. The number of carbonyl (C=O) groups is 3. The number of carbonyl (C=O) groups excluding carboxylic acids is 3. The molecule has 0 rings (SSSR count). The first-order chi connectivity index (χ1) is 8.44. The number of aliphatic hydroxyl groups excluding tert-OH is 1. The van der Waals surface area contributed by atoms with Crippen LogP contribution in [0.2, 0.25) is 0 Å². The highest BCUT2D eigenvalue weighted by atomic mass is 16.5. The minimum atomic E-state index is -0.931. The first-order valence-electron chi connectivity index (χ1n) is 5.81. The zero-order valence-electron chi connectivity index (χ0n) is 11.4. The fourth-order valence-corrected chi connectivity index (χ4v) is 0.970. The van der Waals surface area contributed by atoms with Crippen molar-refractivity contribution in [2.45, 2.75) is 53.1 Å². The molecule has 1 unspecified atom stereocenters. The van der Waals surface area contributed by atoms with Gasteiger partial charge in [0.1, 0.15) is 0 Å².